The van der Waals surface area contributed by atoms with Crippen LogP contribution in [0.4, 0.5) is 4.79 Å². The van der Waals surface area contributed by atoms with Gasteiger partial charge in [0.1, 0.15) is 0 Å². The van der Waals surface area contributed by atoms with E-state index < -0.39 is 11.9 Å². The molecule has 0 bridgehead atoms. The average Bonchev–Trinajstić information content (AvgIpc) is 2.46. The molecule has 5 nitrogen and oxygen atoms in total. The van der Waals surface area contributed by atoms with E-state index in [0.717, 1.165) is 17.3 Å². The molecule has 0 fully saturated rings. The lowest BCUT2D eigenvalue weighted by atomic mass is 10.1. The normalized spacial score (nSPS) is 13.3. The van der Waals surface area contributed by atoms with Crippen LogP contribution in [0.1, 0.15) is 25.8 Å². The fourth-order valence-corrected chi connectivity index (χ4v) is 2.26. The molecule has 6 heteroatoms. The Kier molecular flexibility index (Phi) is 7.38. The van der Waals surface area contributed by atoms with Crippen molar-refractivity contribution in [3.05, 3.63) is 34.3 Å². The molecule has 0 saturated heterocycles. The topological polar surface area (TPSA) is 69.6 Å². The van der Waals surface area contributed by atoms with Gasteiger partial charge in [-0.3, -0.25) is 4.79 Å². The number of carboxylic acids is 1. The van der Waals surface area contributed by atoms with E-state index in [4.69, 9.17) is 5.11 Å². The van der Waals surface area contributed by atoms with Gasteiger partial charge in [-0.15, -0.1) is 0 Å². The molecule has 0 aromatic heterocycles. The van der Waals surface area contributed by atoms with Gasteiger partial charge in [0.15, 0.2) is 0 Å². The van der Waals surface area contributed by atoms with Crippen LogP contribution in [0.3, 0.4) is 0 Å². The maximum atomic E-state index is 12.0. The highest BCUT2D eigenvalue weighted by Crippen LogP contribution is 2.12. The maximum absolute atomic E-state index is 12.0. The van der Waals surface area contributed by atoms with Crippen molar-refractivity contribution < 1.29 is 14.7 Å². The molecule has 1 aromatic carbocycles. The van der Waals surface area contributed by atoms with E-state index in [2.05, 4.69) is 33.4 Å². The molecule has 0 aliphatic rings. The van der Waals surface area contributed by atoms with Gasteiger partial charge < -0.3 is 15.3 Å². The molecular formula is C16H23BrN2O3. The van der Waals surface area contributed by atoms with Gasteiger partial charge in [0, 0.05) is 24.1 Å². The van der Waals surface area contributed by atoms with Crippen LogP contribution < -0.4 is 5.32 Å². The third-order valence-corrected chi connectivity index (χ3v) is 3.99. The quantitative estimate of drug-likeness (QED) is 0.774. The number of carboxylic acid groups (broad SMARTS) is 1. The first kappa shape index (κ1) is 18.5. The Morgan fingerprint density at radius 3 is 2.41 bits per heavy atom. The molecule has 22 heavy (non-hydrogen) atoms. The van der Waals surface area contributed by atoms with Crippen molar-refractivity contribution in [2.45, 2.75) is 32.7 Å². The lowest BCUT2D eigenvalue weighted by molar-refractivity contribution is -0.141. The number of nitrogens with zero attached hydrogens (tertiary/aromatic N) is 1. The van der Waals surface area contributed by atoms with Crippen molar-refractivity contribution in [3.63, 3.8) is 0 Å². The van der Waals surface area contributed by atoms with Gasteiger partial charge in [-0.1, -0.05) is 35.0 Å². The van der Waals surface area contributed by atoms with Crippen LogP contribution in [-0.2, 0) is 11.2 Å². The van der Waals surface area contributed by atoms with Gasteiger partial charge >= 0.3 is 12.0 Å². The fourth-order valence-electron chi connectivity index (χ4n) is 2.00. The SMILES string of the molecule is CC(CCc1ccc(Br)cc1)NC(=O)N(C)CC(C)C(=O)O. The molecule has 0 aliphatic heterocycles. The van der Waals surface area contributed by atoms with E-state index in [1.54, 1.807) is 14.0 Å². The molecule has 0 radical (unpaired) electrons. The standard InChI is InChI=1S/C16H23BrN2O3/c1-11(15(20)21)10-19(3)16(22)18-12(2)4-5-13-6-8-14(17)9-7-13/h6-9,11-12H,4-5,10H2,1-3H3,(H,18,22)(H,20,21). The minimum atomic E-state index is -0.900. The van der Waals surface area contributed by atoms with Crippen LogP contribution in [0.25, 0.3) is 0 Å². The van der Waals surface area contributed by atoms with Crippen molar-refractivity contribution in [1.82, 2.24) is 10.2 Å². The first-order valence-corrected chi connectivity index (χ1v) is 8.07. The third kappa shape index (κ3) is 6.47. The largest absolute Gasteiger partial charge is 0.481 e. The molecule has 2 atom stereocenters. The molecule has 1 rings (SSSR count). The fraction of sp³-hybridized carbons (Fsp3) is 0.500. The number of urea groups is 1. The molecule has 0 heterocycles. The molecule has 0 aliphatic carbocycles. The van der Waals surface area contributed by atoms with Crippen molar-refractivity contribution in [2.24, 2.45) is 5.92 Å². The van der Waals surface area contributed by atoms with Gasteiger partial charge in [0.05, 0.1) is 5.92 Å². The first-order chi connectivity index (χ1) is 10.3. The number of aryl methyl sites for hydroxylation is 1. The Balaban J connectivity index is 2.37. The van der Waals surface area contributed by atoms with Crippen molar-refractivity contribution >= 4 is 27.9 Å². The number of nitrogens with one attached hydrogen (secondary N) is 1. The molecular weight excluding hydrogens is 348 g/mol. The highest BCUT2D eigenvalue weighted by atomic mass is 79.9. The second-order valence-corrected chi connectivity index (χ2v) is 6.55. The number of halogens is 1. The smallest absolute Gasteiger partial charge is 0.317 e. The zero-order chi connectivity index (χ0) is 16.7. The van der Waals surface area contributed by atoms with Gasteiger partial charge in [-0.05, 0) is 37.5 Å². The summed E-state index contributed by atoms with van der Waals surface area (Å²) in [6.45, 7) is 3.73. The van der Waals surface area contributed by atoms with E-state index in [0.29, 0.717) is 0 Å². The van der Waals surface area contributed by atoms with Crippen molar-refractivity contribution in [2.75, 3.05) is 13.6 Å². The number of hydrogen-bond acceptors (Lipinski definition) is 2. The molecule has 0 saturated carbocycles. The molecule has 2 amide bonds. The zero-order valence-corrected chi connectivity index (χ0v) is 14.8. The van der Waals surface area contributed by atoms with Gasteiger partial charge in [-0.25, -0.2) is 4.79 Å². The molecule has 2 N–H and O–H groups in total. The van der Waals surface area contributed by atoms with E-state index in [1.807, 2.05) is 19.1 Å². The maximum Gasteiger partial charge on any atom is 0.317 e. The zero-order valence-electron chi connectivity index (χ0n) is 13.2. The van der Waals surface area contributed by atoms with E-state index in [1.165, 1.54) is 10.5 Å². The summed E-state index contributed by atoms with van der Waals surface area (Å²) in [4.78, 5) is 24.2. The number of hydrogen-bond donors (Lipinski definition) is 2. The molecule has 122 valence electrons. The number of benzene rings is 1. The Hall–Kier alpha value is -1.56. The number of aliphatic carboxylic acids is 1. The number of carbonyl (C=O) groups is 2. The number of rotatable bonds is 7. The summed E-state index contributed by atoms with van der Waals surface area (Å²) in [6, 6.07) is 7.90. The molecule has 0 spiro atoms. The van der Waals surface area contributed by atoms with E-state index in [-0.39, 0.29) is 18.6 Å². The summed E-state index contributed by atoms with van der Waals surface area (Å²) in [6.07, 6.45) is 1.71. The summed E-state index contributed by atoms with van der Waals surface area (Å²) in [7, 11) is 1.61. The van der Waals surface area contributed by atoms with Crippen molar-refractivity contribution in [1.29, 1.82) is 0 Å². The van der Waals surface area contributed by atoms with Crippen LogP contribution >= 0.6 is 15.9 Å². The minimum Gasteiger partial charge on any atom is -0.481 e. The van der Waals surface area contributed by atoms with Crippen molar-refractivity contribution in [3.8, 4) is 0 Å². The van der Waals surface area contributed by atoms with Crippen LogP contribution in [0.15, 0.2) is 28.7 Å². The number of carbonyl (C=O) groups excluding carboxylic acids is 1. The second-order valence-electron chi connectivity index (χ2n) is 5.64. The van der Waals surface area contributed by atoms with Crippen LogP contribution in [0.5, 0.6) is 0 Å². The third-order valence-electron chi connectivity index (χ3n) is 3.47. The lowest BCUT2D eigenvalue weighted by Gasteiger charge is -2.22. The summed E-state index contributed by atoms with van der Waals surface area (Å²) in [5, 5.41) is 11.8. The predicted molar refractivity (Wildman–Crippen MR) is 89.9 cm³/mol. The lowest BCUT2D eigenvalue weighted by Crippen LogP contribution is -2.44. The monoisotopic (exact) mass is 370 g/mol. The Labute approximate surface area is 139 Å². The molecule has 1 aromatic rings. The minimum absolute atomic E-state index is 0.0266. The van der Waals surface area contributed by atoms with Crippen LogP contribution in [0, 0.1) is 5.92 Å². The highest BCUT2D eigenvalue weighted by Gasteiger charge is 2.18. The number of amides is 2. The summed E-state index contributed by atoms with van der Waals surface area (Å²) in [5.74, 6) is -1.48. The predicted octanol–water partition coefficient (Wildman–Crippen LogP) is 3.13. The van der Waals surface area contributed by atoms with E-state index in [9.17, 15) is 9.59 Å². The first-order valence-electron chi connectivity index (χ1n) is 7.28. The summed E-state index contributed by atoms with van der Waals surface area (Å²) in [5.41, 5.74) is 1.22. The summed E-state index contributed by atoms with van der Waals surface area (Å²) >= 11 is 3.40. The van der Waals surface area contributed by atoms with E-state index >= 15 is 0 Å². The van der Waals surface area contributed by atoms with Gasteiger partial charge in [0.25, 0.3) is 0 Å². The highest BCUT2D eigenvalue weighted by molar-refractivity contribution is 9.10. The van der Waals surface area contributed by atoms with Crippen LogP contribution in [0.2, 0.25) is 0 Å². The Morgan fingerprint density at radius 1 is 1.27 bits per heavy atom. The second kappa shape index (κ2) is 8.78. The Bertz CT molecular complexity index is 505. The van der Waals surface area contributed by atoms with Crippen LogP contribution in [-0.4, -0.2) is 41.6 Å². The Morgan fingerprint density at radius 2 is 1.86 bits per heavy atom. The average molecular weight is 371 g/mol. The molecule has 2 unspecified atom stereocenters. The van der Waals surface area contributed by atoms with Gasteiger partial charge in [-0.2, -0.15) is 0 Å². The summed E-state index contributed by atoms with van der Waals surface area (Å²) < 4.78 is 1.05. The van der Waals surface area contributed by atoms with Gasteiger partial charge in [0.2, 0.25) is 0 Å².